The lowest BCUT2D eigenvalue weighted by Gasteiger charge is -2.39. The fraction of sp³-hybridized carbons (Fsp3) is 0.632. The average Bonchev–Trinajstić information content (AvgIpc) is 3.05. The molecule has 2 unspecified atom stereocenters. The van der Waals surface area contributed by atoms with E-state index in [1.165, 1.54) is 24.2 Å². The van der Waals surface area contributed by atoms with Crippen LogP contribution in [0.25, 0.3) is 10.2 Å². The maximum atomic E-state index is 12.4. The number of nitrogens with zero attached hydrogens (tertiary/aromatic N) is 3. The van der Waals surface area contributed by atoms with Gasteiger partial charge >= 0.3 is 5.97 Å². The van der Waals surface area contributed by atoms with Crippen LogP contribution in [0.3, 0.4) is 0 Å². The zero-order valence-electron chi connectivity index (χ0n) is 15.3. The lowest BCUT2D eigenvalue weighted by Crippen LogP contribution is -2.35. The predicted molar refractivity (Wildman–Crippen MR) is 100 cm³/mol. The Kier molecular flexibility index (Phi) is 3.79. The van der Waals surface area contributed by atoms with Gasteiger partial charge in [-0.05, 0) is 37.0 Å². The Morgan fingerprint density at radius 2 is 2.16 bits per heavy atom. The molecule has 0 N–H and O–H groups in total. The summed E-state index contributed by atoms with van der Waals surface area (Å²) in [6.45, 7) is 10.3. The third-order valence-corrected chi connectivity index (χ3v) is 6.42. The van der Waals surface area contributed by atoms with Crippen LogP contribution in [-0.4, -0.2) is 35.1 Å². The van der Waals surface area contributed by atoms with Gasteiger partial charge in [0.25, 0.3) is 0 Å². The molecule has 2 aromatic heterocycles. The fourth-order valence-corrected chi connectivity index (χ4v) is 6.01. The van der Waals surface area contributed by atoms with Gasteiger partial charge in [0, 0.05) is 18.0 Å². The summed E-state index contributed by atoms with van der Waals surface area (Å²) in [5, 5.41) is 2.72. The number of rotatable bonds is 3. The van der Waals surface area contributed by atoms with Crippen molar-refractivity contribution in [1.82, 2.24) is 9.97 Å². The van der Waals surface area contributed by atoms with Gasteiger partial charge in [-0.3, -0.25) is 0 Å². The van der Waals surface area contributed by atoms with Crippen LogP contribution in [0, 0.1) is 10.8 Å². The number of fused-ring (bicyclic) bond motifs is 3. The van der Waals surface area contributed by atoms with Crippen molar-refractivity contribution in [3.8, 4) is 0 Å². The minimum atomic E-state index is -0.279. The SMILES string of the molecule is CCOC(=O)c1csc2ncnc(N3CC4(C)CC3CC(C)(C)C4)c12. The summed E-state index contributed by atoms with van der Waals surface area (Å²) in [7, 11) is 0. The molecule has 6 heteroatoms. The van der Waals surface area contributed by atoms with E-state index in [2.05, 4.69) is 35.6 Å². The maximum Gasteiger partial charge on any atom is 0.339 e. The number of carbonyl (C=O) groups excluding carboxylic acids is 1. The number of thiophene rings is 1. The normalized spacial score (nSPS) is 27.7. The van der Waals surface area contributed by atoms with Gasteiger partial charge in [0.1, 0.15) is 17.0 Å². The number of hydrogen-bond donors (Lipinski definition) is 0. The molecule has 3 heterocycles. The second-order valence-electron chi connectivity index (χ2n) is 8.59. The summed E-state index contributed by atoms with van der Waals surface area (Å²) >= 11 is 1.49. The second kappa shape index (κ2) is 5.66. The number of esters is 1. The number of carbonyl (C=O) groups is 1. The zero-order valence-corrected chi connectivity index (χ0v) is 16.2. The van der Waals surface area contributed by atoms with E-state index in [0.717, 1.165) is 29.0 Å². The summed E-state index contributed by atoms with van der Waals surface area (Å²) in [5.41, 5.74) is 1.25. The molecule has 0 aromatic carbocycles. The Hall–Kier alpha value is -1.69. The third kappa shape index (κ3) is 2.80. The van der Waals surface area contributed by atoms with Crippen molar-refractivity contribution in [2.45, 2.75) is 53.0 Å². The molecule has 0 radical (unpaired) electrons. The van der Waals surface area contributed by atoms with Gasteiger partial charge in [-0.2, -0.15) is 0 Å². The van der Waals surface area contributed by atoms with E-state index in [1.54, 1.807) is 6.33 Å². The minimum Gasteiger partial charge on any atom is -0.462 e. The summed E-state index contributed by atoms with van der Waals surface area (Å²) in [4.78, 5) is 24.7. The van der Waals surface area contributed by atoms with Crippen LogP contribution in [-0.2, 0) is 4.74 Å². The molecule has 0 amide bonds. The molecule has 2 bridgehead atoms. The Morgan fingerprint density at radius 1 is 1.36 bits per heavy atom. The van der Waals surface area contributed by atoms with Crippen molar-refractivity contribution in [3.05, 3.63) is 17.3 Å². The smallest absolute Gasteiger partial charge is 0.339 e. The van der Waals surface area contributed by atoms with Crippen molar-refractivity contribution in [2.75, 3.05) is 18.1 Å². The van der Waals surface area contributed by atoms with Crippen molar-refractivity contribution in [1.29, 1.82) is 0 Å². The fourth-order valence-electron chi connectivity index (χ4n) is 5.14. The largest absolute Gasteiger partial charge is 0.462 e. The number of anilines is 1. The van der Waals surface area contributed by atoms with Crippen molar-refractivity contribution >= 4 is 33.3 Å². The van der Waals surface area contributed by atoms with Crippen LogP contribution in [0.15, 0.2) is 11.7 Å². The lowest BCUT2D eigenvalue weighted by atomic mass is 9.65. The van der Waals surface area contributed by atoms with Gasteiger partial charge in [-0.15, -0.1) is 11.3 Å². The standard InChI is InChI=1S/C19H25N3O2S/c1-5-24-17(23)13-8-25-16-14(13)15(20-11-21-16)22-10-19(4)7-12(22)6-18(2,3)9-19/h8,11-12H,5-7,9-10H2,1-4H3. The number of hydrogen-bond acceptors (Lipinski definition) is 6. The summed E-state index contributed by atoms with van der Waals surface area (Å²) in [6, 6.07) is 0.474. The molecular formula is C19H25N3O2S. The molecule has 25 heavy (non-hydrogen) atoms. The quantitative estimate of drug-likeness (QED) is 0.766. The highest BCUT2D eigenvalue weighted by Crippen LogP contribution is 2.54. The molecule has 1 saturated carbocycles. The van der Waals surface area contributed by atoms with E-state index >= 15 is 0 Å². The lowest BCUT2D eigenvalue weighted by molar-refractivity contribution is 0.0529. The molecular weight excluding hydrogens is 334 g/mol. The van der Waals surface area contributed by atoms with Crippen molar-refractivity contribution < 1.29 is 9.53 Å². The molecule has 1 saturated heterocycles. The molecule has 2 aromatic rings. The highest BCUT2D eigenvalue weighted by molar-refractivity contribution is 7.17. The van der Waals surface area contributed by atoms with Crippen LogP contribution >= 0.6 is 11.3 Å². The molecule has 5 nitrogen and oxygen atoms in total. The van der Waals surface area contributed by atoms with E-state index in [-0.39, 0.29) is 5.97 Å². The molecule has 4 rings (SSSR count). The monoisotopic (exact) mass is 359 g/mol. The molecule has 1 aliphatic heterocycles. The summed E-state index contributed by atoms with van der Waals surface area (Å²) in [6.07, 6.45) is 5.21. The van der Waals surface area contributed by atoms with Crippen LogP contribution in [0.2, 0.25) is 0 Å². The number of ether oxygens (including phenoxy) is 1. The number of aromatic nitrogens is 2. The van der Waals surface area contributed by atoms with Gasteiger partial charge in [0.15, 0.2) is 0 Å². The Bertz CT molecular complexity index is 831. The van der Waals surface area contributed by atoms with Crippen LogP contribution in [0.4, 0.5) is 5.82 Å². The Labute approximate surface area is 152 Å². The summed E-state index contributed by atoms with van der Waals surface area (Å²) in [5.74, 6) is 0.624. The Balaban J connectivity index is 1.80. The van der Waals surface area contributed by atoms with Gasteiger partial charge in [-0.1, -0.05) is 20.8 Å². The van der Waals surface area contributed by atoms with E-state index in [9.17, 15) is 4.79 Å². The zero-order chi connectivity index (χ0) is 17.8. The van der Waals surface area contributed by atoms with Crippen LogP contribution in [0.1, 0.15) is 57.3 Å². The maximum absolute atomic E-state index is 12.4. The van der Waals surface area contributed by atoms with E-state index < -0.39 is 0 Å². The molecule has 2 atom stereocenters. The molecule has 1 aliphatic carbocycles. The average molecular weight is 359 g/mol. The van der Waals surface area contributed by atoms with Crippen LogP contribution < -0.4 is 4.90 Å². The van der Waals surface area contributed by atoms with E-state index in [0.29, 0.717) is 29.0 Å². The predicted octanol–water partition coefficient (Wildman–Crippen LogP) is 4.27. The molecule has 0 spiro atoms. The highest BCUT2D eigenvalue weighted by atomic mass is 32.1. The first-order valence-corrected chi connectivity index (χ1v) is 9.86. The second-order valence-corrected chi connectivity index (χ2v) is 9.45. The van der Waals surface area contributed by atoms with Gasteiger partial charge in [-0.25, -0.2) is 14.8 Å². The van der Waals surface area contributed by atoms with E-state index in [4.69, 9.17) is 4.74 Å². The molecule has 2 aliphatic rings. The third-order valence-electron chi connectivity index (χ3n) is 5.53. The van der Waals surface area contributed by atoms with Crippen LogP contribution in [0.5, 0.6) is 0 Å². The van der Waals surface area contributed by atoms with Gasteiger partial charge < -0.3 is 9.64 Å². The summed E-state index contributed by atoms with van der Waals surface area (Å²) < 4.78 is 5.25. The van der Waals surface area contributed by atoms with Gasteiger partial charge in [0.05, 0.1) is 17.6 Å². The van der Waals surface area contributed by atoms with E-state index in [1.807, 2.05) is 12.3 Å². The van der Waals surface area contributed by atoms with Gasteiger partial charge in [0.2, 0.25) is 0 Å². The first-order chi connectivity index (χ1) is 11.8. The molecule has 134 valence electrons. The Morgan fingerprint density at radius 3 is 2.92 bits per heavy atom. The molecule has 2 fully saturated rings. The first kappa shape index (κ1) is 16.8. The minimum absolute atomic E-state index is 0.279. The topological polar surface area (TPSA) is 55.3 Å². The first-order valence-electron chi connectivity index (χ1n) is 8.98. The highest BCUT2D eigenvalue weighted by Gasteiger charge is 2.50. The van der Waals surface area contributed by atoms with Crippen molar-refractivity contribution in [2.24, 2.45) is 10.8 Å². The van der Waals surface area contributed by atoms with Crippen molar-refractivity contribution in [3.63, 3.8) is 0 Å².